The van der Waals surface area contributed by atoms with Crippen molar-refractivity contribution in [3.8, 4) is 0 Å². The Labute approximate surface area is 123 Å². The van der Waals surface area contributed by atoms with Crippen LogP contribution in [-0.2, 0) is 17.8 Å². The van der Waals surface area contributed by atoms with Crippen LogP contribution in [0.5, 0.6) is 0 Å². The summed E-state index contributed by atoms with van der Waals surface area (Å²) in [6, 6.07) is 15.3. The number of amides is 1. The molecule has 0 spiro atoms. The number of para-hydroxylation sites is 1. The van der Waals surface area contributed by atoms with E-state index >= 15 is 0 Å². The van der Waals surface area contributed by atoms with Crippen molar-refractivity contribution in [2.24, 2.45) is 0 Å². The zero-order valence-electron chi connectivity index (χ0n) is 10.9. The van der Waals surface area contributed by atoms with Gasteiger partial charge in [0.15, 0.2) is 0 Å². The third-order valence-corrected chi connectivity index (χ3v) is 3.72. The average Bonchev–Trinajstić information content (AvgIpc) is 2.90. The molecule has 2 aromatic rings. The molecule has 1 aliphatic heterocycles. The van der Waals surface area contributed by atoms with Gasteiger partial charge in [-0.25, -0.2) is 0 Å². The first kappa shape index (κ1) is 13.0. The normalized spacial score (nSPS) is 16.4. The van der Waals surface area contributed by atoms with E-state index in [0.717, 1.165) is 17.7 Å². The molecule has 102 valence electrons. The van der Waals surface area contributed by atoms with Crippen LogP contribution in [0, 0.1) is 0 Å². The fourth-order valence-corrected chi connectivity index (χ4v) is 2.50. The van der Waals surface area contributed by atoms with Crippen LogP contribution < -0.4 is 10.6 Å². The molecule has 1 aliphatic rings. The lowest BCUT2D eigenvalue weighted by molar-refractivity contribution is -0.121. The van der Waals surface area contributed by atoms with Gasteiger partial charge in [0, 0.05) is 23.7 Å². The first-order chi connectivity index (χ1) is 9.72. The number of fused-ring (bicyclic) bond motifs is 1. The van der Waals surface area contributed by atoms with Crippen molar-refractivity contribution in [2.45, 2.75) is 19.0 Å². The first-order valence-electron chi connectivity index (χ1n) is 6.59. The predicted molar refractivity (Wildman–Crippen MR) is 80.9 cm³/mol. The van der Waals surface area contributed by atoms with Crippen LogP contribution in [0.4, 0.5) is 5.69 Å². The van der Waals surface area contributed by atoms with Gasteiger partial charge in [-0.1, -0.05) is 41.9 Å². The predicted octanol–water partition coefficient (Wildman–Crippen LogP) is 2.99. The van der Waals surface area contributed by atoms with Gasteiger partial charge in [-0.05, 0) is 29.3 Å². The SMILES string of the molecule is O=C(NCc1ccc(Cl)cc1)[C@@H]1Cc2ccccc2N1. The Hall–Kier alpha value is -2.00. The molecule has 0 saturated heterocycles. The van der Waals surface area contributed by atoms with E-state index in [4.69, 9.17) is 11.6 Å². The Morgan fingerprint density at radius 2 is 1.95 bits per heavy atom. The van der Waals surface area contributed by atoms with Crippen molar-refractivity contribution in [3.05, 3.63) is 64.7 Å². The molecule has 0 aromatic heterocycles. The third-order valence-electron chi connectivity index (χ3n) is 3.47. The maximum absolute atomic E-state index is 12.2. The number of nitrogens with one attached hydrogen (secondary N) is 2. The zero-order valence-corrected chi connectivity index (χ0v) is 11.7. The van der Waals surface area contributed by atoms with E-state index in [1.165, 1.54) is 5.56 Å². The highest BCUT2D eigenvalue weighted by molar-refractivity contribution is 6.30. The Balaban J connectivity index is 1.57. The van der Waals surface area contributed by atoms with Crippen molar-refractivity contribution in [2.75, 3.05) is 5.32 Å². The molecule has 2 aromatic carbocycles. The largest absolute Gasteiger partial charge is 0.373 e. The number of anilines is 1. The van der Waals surface area contributed by atoms with Gasteiger partial charge in [0.25, 0.3) is 0 Å². The fraction of sp³-hybridized carbons (Fsp3) is 0.188. The van der Waals surface area contributed by atoms with E-state index in [1.54, 1.807) is 0 Å². The van der Waals surface area contributed by atoms with Gasteiger partial charge in [0.2, 0.25) is 5.91 Å². The van der Waals surface area contributed by atoms with E-state index in [1.807, 2.05) is 42.5 Å². The smallest absolute Gasteiger partial charge is 0.243 e. The highest BCUT2D eigenvalue weighted by atomic mass is 35.5. The third kappa shape index (κ3) is 2.78. The summed E-state index contributed by atoms with van der Waals surface area (Å²) in [6.45, 7) is 0.518. The lowest BCUT2D eigenvalue weighted by Gasteiger charge is -2.12. The molecule has 0 unspecified atom stereocenters. The second kappa shape index (κ2) is 5.55. The van der Waals surface area contributed by atoms with E-state index in [0.29, 0.717) is 11.6 Å². The summed E-state index contributed by atoms with van der Waals surface area (Å²) in [5.74, 6) is 0.0242. The maximum Gasteiger partial charge on any atom is 0.243 e. The summed E-state index contributed by atoms with van der Waals surface area (Å²) >= 11 is 5.83. The molecule has 1 heterocycles. The second-order valence-corrected chi connectivity index (χ2v) is 5.34. The van der Waals surface area contributed by atoms with Crippen LogP contribution in [-0.4, -0.2) is 11.9 Å². The molecule has 3 nitrogen and oxygen atoms in total. The Morgan fingerprint density at radius 1 is 1.20 bits per heavy atom. The van der Waals surface area contributed by atoms with Crippen LogP contribution in [0.25, 0.3) is 0 Å². The van der Waals surface area contributed by atoms with Crippen molar-refractivity contribution in [1.29, 1.82) is 0 Å². The van der Waals surface area contributed by atoms with E-state index in [9.17, 15) is 4.79 Å². The lowest BCUT2D eigenvalue weighted by atomic mass is 10.1. The monoisotopic (exact) mass is 286 g/mol. The van der Waals surface area contributed by atoms with Crippen molar-refractivity contribution < 1.29 is 4.79 Å². The molecule has 1 amide bonds. The lowest BCUT2D eigenvalue weighted by Crippen LogP contribution is -2.38. The van der Waals surface area contributed by atoms with Crippen molar-refractivity contribution in [3.63, 3.8) is 0 Å². The minimum absolute atomic E-state index is 0.0242. The number of benzene rings is 2. The maximum atomic E-state index is 12.2. The van der Waals surface area contributed by atoms with E-state index < -0.39 is 0 Å². The number of halogens is 1. The molecule has 20 heavy (non-hydrogen) atoms. The molecule has 0 radical (unpaired) electrons. The van der Waals surface area contributed by atoms with E-state index in [2.05, 4.69) is 16.7 Å². The van der Waals surface area contributed by atoms with Crippen LogP contribution in [0.15, 0.2) is 48.5 Å². The van der Waals surface area contributed by atoms with Gasteiger partial charge in [-0.2, -0.15) is 0 Å². The highest BCUT2D eigenvalue weighted by Crippen LogP contribution is 2.25. The number of hydrogen-bond acceptors (Lipinski definition) is 2. The molecule has 0 aliphatic carbocycles. The Kier molecular flexibility index (Phi) is 3.61. The molecule has 0 saturated carbocycles. The molecule has 1 atom stereocenters. The van der Waals surface area contributed by atoms with Gasteiger partial charge in [-0.15, -0.1) is 0 Å². The van der Waals surface area contributed by atoms with Crippen molar-refractivity contribution >= 4 is 23.2 Å². The molecular weight excluding hydrogens is 272 g/mol. The molecule has 0 bridgehead atoms. The van der Waals surface area contributed by atoms with Crippen LogP contribution in [0.3, 0.4) is 0 Å². The quantitative estimate of drug-likeness (QED) is 0.911. The van der Waals surface area contributed by atoms with Crippen molar-refractivity contribution in [1.82, 2.24) is 5.32 Å². The minimum Gasteiger partial charge on any atom is -0.373 e. The van der Waals surface area contributed by atoms with Crippen LogP contribution >= 0.6 is 11.6 Å². The second-order valence-electron chi connectivity index (χ2n) is 4.90. The Morgan fingerprint density at radius 3 is 2.70 bits per heavy atom. The van der Waals surface area contributed by atoms with Gasteiger partial charge in [0.05, 0.1) is 0 Å². The molecule has 4 heteroatoms. The highest BCUT2D eigenvalue weighted by Gasteiger charge is 2.25. The summed E-state index contributed by atoms with van der Waals surface area (Å²) in [5.41, 5.74) is 3.29. The zero-order chi connectivity index (χ0) is 13.9. The number of hydrogen-bond donors (Lipinski definition) is 2. The van der Waals surface area contributed by atoms with Crippen LogP contribution in [0.1, 0.15) is 11.1 Å². The van der Waals surface area contributed by atoms with Gasteiger partial charge < -0.3 is 10.6 Å². The molecule has 2 N–H and O–H groups in total. The summed E-state index contributed by atoms with van der Waals surface area (Å²) in [7, 11) is 0. The van der Waals surface area contributed by atoms with Crippen LogP contribution in [0.2, 0.25) is 5.02 Å². The molecule has 0 fully saturated rings. The fourth-order valence-electron chi connectivity index (χ4n) is 2.37. The van der Waals surface area contributed by atoms with Gasteiger partial charge >= 0.3 is 0 Å². The standard InChI is InChI=1S/C16H15ClN2O/c17-13-7-5-11(6-8-13)10-18-16(20)15-9-12-3-1-2-4-14(12)19-15/h1-8,15,19H,9-10H2,(H,18,20)/t15-/m0/s1. The number of rotatable bonds is 3. The summed E-state index contributed by atoms with van der Waals surface area (Å²) in [4.78, 5) is 12.2. The molecule has 3 rings (SSSR count). The molecular formula is C16H15ClN2O. The number of carbonyl (C=O) groups is 1. The summed E-state index contributed by atoms with van der Waals surface area (Å²) in [5, 5.41) is 6.90. The first-order valence-corrected chi connectivity index (χ1v) is 6.97. The van der Waals surface area contributed by atoms with Gasteiger partial charge in [-0.3, -0.25) is 4.79 Å². The van der Waals surface area contributed by atoms with Gasteiger partial charge in [0.1, 0.15) is 6.04 Å². The summed E-state index contributed by atoms with van der Waals surface area (Å²) in [6.07, 6.45) is 0.739. The topological polar surface area (TPSA) is 41.1 Å². The minimum atomic E-state index is -0.181. The summed E-state index contributed by atoms with van der Waals surface area (Å²) < 4.78 is 0. The Bertz CT molecular complexity index is 600. The van der Waals surface area contributed by atoms with E-state index in [-0.39, 0.29) is 11.9 Å². The average molecular weight is 287 g/mol. The number of carbonyl (C=O) groups excluding carboxylic acids is 1.